The summed E-state index contributed by atoms with van der Waals surface area (Å²) in [5.74, 6) is 1.79. The summed E-state index contributed by atoms with van der Waals surface area (Å²) >= 11 is 0. The molecule has 114 valence electrons. The molecule has 1 N–H and O–H groups in total. The van der Waals surface area contributed by atoms with Crippen molar-refractivity contribution < 1.29 is 4.42 Å². The number of nitrogens with zero attached hydrogens (tertiary/aromatic N) is 1. The SMILES string of the molecule is CC(C)C1CNC(C)(C)CN1C(C)CCc1ccco1. The molecule has 0 saturated carbocycles. The van der Waals surface area contributed by atoms with E-state index in [2.05, 4.69) is 50.9 Å². The van der Waals surface area contributed by atoms with Crippen LogP contribution in [-0.4, -0.2) is 35.6 Å². The zero-order valence-corrected chi connectivity index (χ0v) is 13.6. The molecule has 0 radical (unpaired) electrons. The molecule has 0 amide bonds. The van der Waals surface area contributed by atoms with Crippen LogP contribution in [-0.2, 0) is 6.42 Å². The van der Waals surface area contributed by atoms with E-state index in [-0.39, 0.29) is 5.54 Å². The lowest BCUT2D eigenvalue weighted by atomic mass is 9.91. The molecule has 1 aromatic rings. The highest BCUT2D eigenvalue weighted by Gasteiger charge is 2.36. The summed E-state index contributed by atoms with van der Waals surface area (Å²) < 4.78 is 5.46. The Morgan fingerprint density at radius 1 is 1.40 bits per heavy atom. The van der Waals surface area contributed by atoms with Gasteiger partial charge in [0.15, 0.2) is 0 Å². The summed E-state index contributed by atoms with van der Waals surface area (Å²) in [6.07, 6.45) is 3.96. The Bertz CT molecular complexity index is 397. The molecule has 2 atom stereocenters. The van der Waals surface area contributed by atoms with E-state index in [4.69, 9.17) is 4.42 Å². The van der Waals surface area contributed by atoms with Gasteiger partial charge in [-0.25, -0.2) is 0 Å². The monoisotopic (exact) mass is 278 g/mol. The fourth-order valence-corrected chi connectivity index (χ4v) is 3.20. The van der Waals surface area contributed by atoms with E-state index in [1.165, 1.54) is 0 Å². The molecule has 2 rings (SSSR count). The smallest absolute Gasteiger partial charge is 0.103 e. The molecule has 2 unspecified atom stereocenters. The van der Waals surface area contributed by atoms with Crippen molar-refractivity contribution in [2.75, 3.05) is 13.1 Å². The summed E-state index contributed by atoms with van der Waals surface area (Å²) in [6, 6.07) is 5.28. The molecule has 0 spiro atoms. The second kappa shape index (κ2) is 6.31. The van der Waals surface area contributed by atoms with Gasteiger partial charge in [0.05, 0.1) is 6.26 Å². The third-order valence-corrected chi connectivity index (χ3v) is 4.52. The van der Waals surface area contributed by atoms with Crippen LogP contribution < -0.4 is 5.32 Å². The maximum Gasteiger partial charge on any atom is 0.103 e. The van der Waals surface area contributed by atoms with Crippen molar-refractivity contribution in [2.24, 2.45) is 5.92 Å². The second-order valence-electron chi connectivity index (χ2n) is 7.22. The molecular formula is C17H30N2O. The molecule has 3 heteroatoms. The maximum atomic E-state index is 5.46. The fourth-order valence-electron chi connectivity index (χ4n) is 3.20. The Kier molecular flexibility index (Phi) is 4.92. The van der Waals surface area contributed by atoms with Gasteiger partial charge in [0, 0.05) is 37.1 Å². The van der Waals surface area contributed by atoms with E-state index in [0.29, 0.717) is 18.0 Å². The molecule has 1 saturated heterocycles. The molecule has 1 aliphatic rings. The van der Waals surface area contributed by atoms with Crippen LogP contribution in [0.25, 0.3) is 0 Å². The standard InChI is InChI=1S/C17H30N2O/c1-13(2)16-11-18-17(4,5)12-19(16)14(3)8-9-15-7-6-10-20-15/h6-7,10,13-14,16,18H,8-9,11-12H2,1-5H3. The van der Waals surface area contributed by atoms with Crippen LogP contribution in [0.2, 0.25) is 0 Å². The van der Waals surface area contributed by atoms with Crippen LogP contribution in [0.3, 0.4) is 0 Å². The third kappa shape index (κ3) is 3.86. The van der Waals surface area contributed by atoms with Crippen LogP contribution in [0.4, 0.5) is 0 Å². The predicted molar refractivity (Wildman–Crippen MR) is 83.9 cm³/mol. The summed E-state index contributed by atoms with van der Waals surface area (Å²) in [7, 11) is 0. The van der Waals surface area contributed by atoms with Crippen molar-refractivity contribution in [3.05, 3.63) is 24.2 Å². The summed E-state index contributed by atoms with van der Waals surface area (Å²) in [4.78, 5) is 2.70. The quantitative estimate of drug-likeness (QED) is 0.895. The summed E-state index contributed by atoms with van der Waals surface area (Å²) in [5.41, 5.74) is 0.213. The highest BCUT2D eigenvalue weighted by atomic mass is 16.3. The average molecular weight is 278 g/mol. The van der Waals surface area contributed by atoms with E-state index < -0.39 is 0 Å². The first kappa shape index (κ1) is 15.6. The highest BCUT2D eigenvalue weighted by molar-refractivity contribution is 5.00. The largest absolute Gasteiger partial charge is 0.469 e. The van der Waals surface area contributed by atoms with Crippen LogP contribution in [0.15, 0.2) is 22.8 Å². The molecular weight excluding hydrogens is 248 g/mol. The van der Waals surface area contributed by atoms with Crippen LogP contribution >= 0.6 is 0 Å². The second-order valence-corrected chi connectivity index (χ2v) is 7.22. The molecule has 20 heavy (non-hydrogen) atoms. The zero-order valence-electron chi connectivity index (χ0n) is 13.6. The van der Waals surface area contributed by atoms with E-state index in [9.17, 15) is 0 Å². The number of rotatable bonds is 5. The Balaban J connectivity index is 1.97. The molecule has 2 heterocycles. The van der Waals surface area contributed by atoms with E-state index >= 15 is 0 Å². The first-order chi connectivity index (χ1) is 9.39. The van der Waals surface area contributed by atoms with Gasteiger partial charge in [-0.05, 0) is 45.2 Å². The molecule has 0 bridgehead atoms. The van der Waals surface area contributed by atoms with Crippen molar-refractivity contribution in [3.63, 3.8) is 0 Å². The van der Waals surface area contributed by atoms with Crippen molar-refractivity contribution in [3.8, 4) is 0 Å². The van der Waals surface area contributed by atoms with Gasteiger partial charge >= 0.3 is 0 Å². The minimum atomic E-state index is 0.213. The number of nitrogens with one attached hydrogen (secondary N) is 1. The minimum absolute atomic E-state index is 0.213. The first-order valence-corrected chi connectivity index (χ1v) is 7.92. The first-order valence-electron chi connectivity index (χ1n) is 7.92. The van der Waals surface area contributed by atoms with Crippen LogP contribution in [0, 0.1) is 5.92 Å². The average Bonchev–Trinajstić information content (AvgIpc) is 2.87. The van der Waals surface area contributed by atoms with Crippen molar-refractivity contribution in [1.82, 2.24) is 10.2 Å². The highest BCUT2D eigenvalue weighted by Crippen LogP contribution is 2.24. The molecule has 0 aliphatic carbocycles. The van der Waals surface area contributed by atoms with Crippen molar-refractivity contribution in [1.29, 1.82) is 0 Å². The third-order valence-electron chi connectivity index (χ3n) is 4.52. The lowest BCUT2D eigenvalue weighted by molar-refractivity contribution is 0.0345. The Labute approximate surface area is 123 Å². The molecule has 1 aliphatic heterocycles. The number of hydrogen-bond acceptors (Lipinski definition) is 3. The van der Waals surface area contributed by atoms with Crippen molar-refractivity contribution >= 4 is 0 Å². The number of piperazine rings is 1. The number of aryl methyl sites for hydroxylation is 1. The van der Waals surface area contributed by atoms with E-state index in [1.54, 1.807) is 6.26 Å². The molecule has 1 aromatic heterocycles. The van der Waals surface area contributed by atoms with E-state index in [0.717, 1.165) is 31.7 Å². The van der Waals surface area contributed by atoms with Gasteiger partial charge in [0.25, 0.3) is 0 Å². The molecule has 3 nitrogen and oxygen atoms in total. The van der Waals surface area contributed by atoms with E-state index in [1.807, 2.05) is 6.07 Å². The minimum Gasteiger partial charge on any atom is -0.469 e. The lowest BCUT2D eigenvalue weighted by Gasteiger charge is -2.49. The van der Waals surface area contributed by atoms with Gasteiger partial charge in [0.1, 0.15) is 5.76 Å². The van der Waals surface area contributed by atoms with Crippen LogP contribution in [0.1, 0.15) is 46.8 Å². The van der Waals surface area contributed by atoms with Gasteiger partial charge in [-0.1, -0.05) is 13.8 Å². The Morgan fingerprint density at radius 3 is 2.75 bits per heavy atom. The van der Waals surface area contributed by atoms with Gasteiger partial charge in [-0.3, -0.25) is 4.90 Å². The van der Waals surface area contributed by atoms with Gasteiger partial charge < -0.3 is 9.73 Å². The van der Waals surface area contributed by atoms with Crippen LogP contribution in [0.5, 0.6) is 0 Å². The maximum absolute atomic E-state index is 5.46. The normalized spacial score (nSPS) is 25.0. The number of furan rings is 1. The lowest BCUT2D eigenvalue weighted by Crippen LogP contribution is -2.64. The topological polar surface area (TPSA) is 28.4 Å². The summed E-state index contributed by atoms with van der Waals surface area (Å²) in [5, 5.41) is 3.68. The fraction of sp³-hybridized carbons (Fsp3) is 0.765. The molecule has 0 aromatic carbocycles. The Hall–Kier alpha value is -0.800. The summed E-state index contributed by atoms with van der Waals surface area (Å²) in [6.45, 7) is 13.8. The molecule has 1 fully saturated rings. The Morgan fingerprint density at radius 2 is 2.15 bits per heavy atom. The van der Waals surface area contributed by atoms with Crippen molar-refractivity contribution in [2.45, 2.75) is 65.1 Å². The number of hydrogen-bond donors (Lipinski definition) is 1. The van der Waals surface area contributed by atoms with Gasteiger partial charge in [0.2, 0.25) is 0 Å². The van der Waals surface area contributed by atoms with Gasteiger partial charge in [-0.2, -0.15) is 0 Å². The predicted octanol–water partition coefficient (Wildman–Crippen LogP) is 3.31. The van der Waals surface area contributed by atoms with Gasteiger partial charge in [-0.15, -0.1) is 0 Å². The zero-order chi connectivity index (χ0) is 14.8.